The molecule has 1 atom stereocenters. The molecule has 2 amide bonds. The second-order valence-corrected chi connectivity index (χ2v) is 7.12. The summed E-state index contributed by atoms with van der Waals surface area (Å²) in [5.74, 6) is -1.74. The van der Waals surface area contributed by atoms with Crippen molar-refractivity contribution in [2.24, 2.45) is 0 Å². The van der Waals surface area contributed by atoms with Gasteiger partial charge in [0.2, 0.25) is 0 Å². The van der Waals surface area contributed by atoms with Crippen LogP contribution in [-0.2, 0) is 6.42 Å². The second-order valence-electron chi connectivity index (χ2n) is 7.12. The Balaban J connectivity index is 1.62. The lowest BCUT2D eigenvalue weighted by Gasteiger charge is -2.16. The van der Waals surface area contributed by atoms with E-state index in [-0.39, 0.29) is 23.5 Å². The number of amides is 2. The number of hydrogen-bond acceptors (Lipinski definition) is 5. The molecule has 0 saturated carbocycles. The highest BCUT2D eigenvalue weighted by Gasteiger charge is 2.24. The number of carboxylic acid groups (broad SMARTS) is 1. The zero-order chi connectivity index (χ0) is 21.4. The number of fused-ring (bicyclic) bond motifs is 1. The van der Waals surface area contributed by atoms with Crippen molar-refractivity contribution in [3.63, 3.8) is 0 Å². The molecule has 2 aromatic heterocycles. The predicted octanol–water partition coefficient (Wildman–Crippen LogP) is 2.39. The number of β-amino-alcohol motifs (C(OH)–C–C–N with tert-alkyl or cyclic N) is 1. The van der Waals surface area contributed by atoms with Crippen molar-refractivity contribution >= 4 is 23.3 Å². The van der Waals surface area contributed by atoms with E-state index in [0.29, 0.717) is 36.3 Å². The SMILES string of the molecule is CCc1cc(C(=O)O)nn2cc(-c3ccc(NC(=O)N4CC[C@@H](O)C4)cc3F)nc12. The van der Waals surface area contributed by atoms with E-state index in [4.69, 9.17) is 0 Å². The number of imidazole rings is 1. The molecule has 3 aromatic rings. The first-order valence-corrected chi connectivity index (χ1v) is 9.52. The lowest BCUT2D eigenvalue weighted by atomic mass is 10.1. The summed E-state index contributed by atoms with van der Waals surface area (Å²) < 4.78 is 16.1. The Morgan fingerprint density at radius 2 is 2.13 bits per heavy atom. The van der Waals surface area contributed by atoms with Crippen LogP contribution in [0.2, 0.25) is 0 Å². The maximum Gasteiger partial charge on any atom is 0.356 e. The molecule has 1 aliphatic heterocycles. The van der Waals surface area contributed by atoms with E-state index in [0.717, 1.165) is 0 Å². The number of anilines is 1. The number of halogens is 1. The van der Waals surface area contributed by atoms with Gasteiger partial charge in [-0.1, -0.05) is 6.92 Å². The summed E-state index contributed by atoms with van der Waals surface area (Å²) in [4.78, 5) is 29.4. The lowest BCUT2D eigenvalue weighted by Crippen LogP contribution is -2.33. The van der Waals surface area contributed by atoms with Crippen LogP contribution in [0.3, 0.4) is 0 Å². The van der Waals surface area contributed by atoms with Gasteiger partial charge in [0, 0.05) is 24.3 Å². The summed E-state index contributed by atoms with van der Waals surface area (Å²) in [6.45, 7) is 2.56. The van der Waals surface area contributed by atoms with Crippen LogP contribution in [0.25, 0.3) is 16.9 Å². The zero-order valence-corrected chi connectivity index (χ0v) is 16.2. The van der Waals surface area contributed by atoms with Crippen LogP contribution in [0.4, 0.5) is 14.9 Å². The molecule has 0 unspecified atom stereocenters. The Bertz CT molecular complexity index is 1150. The number of nitrogens with zero attached hydrogens (tertiary/aromatic N) is 4. The van der Waals surface area contributed by atoms with Crippen molar-refractivity contribution < 1.29 is 24.2 Å². The van der Waals surface area contributed by atoms with Crippen molar-refractivity contribution in [3.05, 3.63) is 47.5 Å². The molecular formula is C20H20FN5O4. The van der Waals surface area contributed by atoms with E-state index in [9.17, 15) is 24.2 Å². The third kappa shape index (κ3) is 3.69. The Labute approximate surface area is 170 Å². The fourth-order valence-corrected chi connectivity index (χ4v) is 3.46. The summed E-state index contributed by atoms with van der Waals surface area (Å²) in [5.41, 5.74) is 1.82. The standard InChI is InChI=1S/C20H20FN5O4/c1-2-11-7-16(19(28)29)24-26-10-17(23-18(11)26)14-4-3-12(8-15(14)21)22-20(30)25-6-5-13(27)9-25/h3-4,7-8,10,13,27H,2,5-6,9H2,1H3,(H,22,30)(H,28,29)/t13-/m1/s1. The van der Waals surface area contributed by atoms with Gasteiger partial charge < -0.3 is 20.4 Å². The van der Waals surface area contributed by atoms with Crippen LogP contribution < -0.4 is 5.32 Å². The number of aliphatic hydroxyl groups excluding tert-OH is 1. The Morgan fingerprint density at radius 1 is 1.33 bits per heavy atom. The van der Waals surface area contributed by atoms with Crippen molar-refractivity contribution in [2.75, 3.05) is 18.4 Å². The molecule has 1 aromatic carbocycles. The number of likely N-dealkylation sites (tertiary alicyclic amines) is 1. The van der Waals surface area contributed by atoms with Gasteiger partial charge in [-0.15, -0.1) is 0 Å². The molecule has 4 rings (SSSR count). The van der Waals surface area contributed by atoms with Crippen molar-refractivity contribution in [3.8, 4) is 11.3 Å². The molecule has 1 fully saturated rings. The molecule has 3 N–H and O–H groups in total. The maximum atomic E-state index is 14.8. The number of urea groups is 1. The summed E-state index contributed by atoms with van der Waals surface area (Å²) in [6, 6.07) is 5.31. The van der Waals surface area contributed by atoms with Gasteiger partial charge >= 0.3 is 12.0 Å². The number of nitrogens with one attached hydrogen (secondary N) is 1. The van der Waals surface area contributed by atoms with E-state index in [1.165, 1.54) is 33.8 Å². The van der Waals surface area contributed by atoms with E-state index in [1.807, 2.05) is 6.92 Å². The van der Waals surface area contributed by atoms with Crippen LogP contribution in [-0.4, -0.2) is 60.9 Å². The average molecular weight is 413 g/mol. The monoisotopic (exact) mass is 413 g/mol. The fraction of sp³-hybridized carbons (Fsp3) is 0.300. The van der Waals surface area contributed by atoms with Gasteiger partial charge in [0.1, 0.15) is 5.82 Å². The Kier molecular flexibility index (Phi) is 5.08. The Hall–Kier alpha value is -3.53. The normalized spacial score (nSPS) is 16.2. The number of carbonyl (C=O) groups is 2. The van der Waals surface area contributed by atoms with Gasteiger partial charge in [0.25, 0.3) is 0 Å². The summed E-state index contributed by atoms with van der Waals surface area (Å²) in [7, 11) is 0. The number of aromatic nitrogens is 3. The minimum Gasteiger partial charge on any atom is -0.476 e. The molecule has 9 nitrogen and oxygen atoms in total. The van der Waals surface area contributed by atoms with Gasteiger partial charge in [0.15, 0.2) is 11.3 Å². The number of carboxylic acids is 1. The quantitative estimate of drug-likeness (QED) is 0.604. The molecule has 156 valence electrons. The first-order chi connectivity index (χ1) is 14.4. The fourth-order valence-electron chi connectivity index (χ4n) is 3.46. The van der Waals surface area contributed by atoms with Crippen molar-refractivity contribution in [1.82, 2.24) is 19.5 Å². The third-order valence-corrected chi connectivity index (χ3v) is 5.05. The van der Waals surface area contributed by atoms with Gasteiger partial charge in [-0.3, -0.25) is 0 Å². The van der Waals surface area contributed by atoms with Crippen molar-refractivity contribution in [2.45, 2.75) is 25.9 Å². The first-order valence-electron chi connectivity index (χ1n) is 9.52. The van der Waals surface area contributed by atoms with Crippen LogP contribution >= 0.6 is 0 Å². The van der Waals surface area contributed by atoms with Gasteiger partial charge in [-0.05, 0) is 42.7 Å². The number of aromatic carboxylic acids is 1. The zero-order valence-electron chi connectivity index (χ0n) is 16.2. The molecule has 30 heavy (non-hydrogen) atoms. The largest absolute Gasteiger partial charge is 0.476 e. The predicted molar refractivity (Wildman–Crippen MR) is 106 cm³/mol. The smallest absolute Gasteiger partial charge is 0.356 e. The summed E-state index contributed by atoms with van der Waals surface area (Å²) in [6.07, 6.45) is 2.00. The van der Waals surface area contributed by atoms with E-state index in [2.05, 4.69) is 15.4 Å². The van der Waals surface area contributed by atoms with Crippen LogP contribution in [0, 0.1) is 5.82 Å². The van der Waals surface area contributed by atoms with E-state index >= 15 is 0 Å². The topological polar surface area (TPSA) is 120 Å². The molecule has 0 bridgehead atoms. The molecule has 1 aliphatic rings. The van der Waals surface area contributed by atoms with Crippen molar-refractivity contribution in [1.29, 1.82) is 0 Å². The number of rotatable bonds is 4. The lowest BCUT2D eigenvalue weighted by molar-refractivity contribution is 0.0688. The second kappa shape index (κ2) is 7.71. The third-order valence-electron chi connectivity index (χ3n) is 5.05. The molecule has 10 heteroatoms. The van der Waals surface area contributed by atoms with Crippen LogP contribution in [0.5, 0.6) is 0 Å². The minimum atomic E-state index is -1.15. The highest BCUT2D eigenvalue weighted by atomic mass is 19.1. The molecule has 0 aliphatic carbocycles. The number of hydrogen-bond donors (Lipinski definition) is 3. The summed E-state index contributed by atoms with van der Waals surface area (Å²) >= 11 is 0. The molecule has 3 heterocycles. The molecular weight excluding hydrogens is 393 g/mol. The molecule has 0 spiro atoms. The van der Waals surface area contributed by atoms with Gasteiger partial charge in [-0.25, -0.2) is 23.5 Å². The van der Waals surface area contributed by atoms with Crippen LogP contribution in [0.15, 0.2) is 30.5 Å². The highest BCUT2D eigenvalue weighted by Crippen LogP contribution is 2.26. The van der Waals surface area contributed by atoms with E-state index < -0.39 is 23.9 Å². The minimum absolute atomic E-state index is 0.117. The average Bonchev–Trinajstić information content (AvgIpc) is 3.33. The number of aryl methyl sites for hydroxylation is 1. The van der Waals surface area contributed by atoms with Gasteiger partial charge in [-0.2, -0.15) is 5.10 Å². The van der Waals surface area contributed by atoms with Gasteiger partial charge in [0.05, 0.1) is 18.0 Å². The van der Waals surface area contributed by atoms with E-state index in [1.54, 1.807) is 6.07 Å². The van der Waals surface area contributed by atoms with Crippen LogP contribution in [0.1, 0.15) is 29.4 Å². The summed E-state index contributed by atoms with van der Waals surface area (Å²) in [5, 5.41) is 25.4. The molecule has 0 radical (unpaired) electrons. The number of benzene rings is 1. The number of carbonyl (C=O) groups excluding carboxylic acids is 1. The number of aliphatic hydroxyl groups is 1. The highest BCUT2D eigenvalue weighted by molar-refractivity contribution is 5.90. The maximum absolute atomic E-state index is 14.8. The molecule has 1 saturated heterocycles. The Morgan fingerprint density at radius 3 is 2.77 bits per heavy atom. The first kappa shape index (κ1) is 19.8.